The van der Waals surface area contributed by atoms with Gasteiger partial charge in [0.05, 0.1) is 23.8 Å². The molecular weight excluding hydrogens is 409 g/mol. The van der Waals surface area contributed by atoms with Crippen molar-refractivity contribution in [2.45, 2.75) is 44.8 Å². The van der Waals surface area contributed by atoms with E-state index in [1.54, 1.807) is 30.9 Å². The number of aliphatic imine (C=N–C) groups is 2. The number of guanidine groups is 1. The number of aliphatic hydroxyl groups is 1. The highest BCUT2D eigenvalue weighted by Gasteiger charge is 2.35. The molecule has 3 aromatic rings. The van der Waals surface area contributed by atoms with Gasteiger partial charge >= 0.3 is 0 Å². The summed E-state index contributed by atoms with van der Waals surface area (Å²) in [4.78, 5) is 18.5. The van der Waals surface area contributed by atoms with E-state index < -0.39 is 6.10 Å². The molecule has 3 aromatic heterocycles. The van der Waals surface area contributed by atoms with Crippen LogP contribution in [-0.4, -0.2) is 54.9 Å². The number of halogens is 1. The van der Waals surface area contributed by atoms with Crippen LogP contribution in [0.3, 0.4) is 0 Å². The van der Waals surface area contributed by atoms with Crippen LogP contribution in [0.4, 0.5) is 4.39 Å². The first-order valence-electron chi connectivity index (χ1n) is 10.9. The molecule has 8 nitrogen and oxygen atoms in total. The van der Waals surface area contributed by atoms with Crippen LogP contribution in [0, 0.1) is 11.7 Å². The zero-order valence-corrected chi connectivity index (χ0v) is 17.9. The Hall–Kier alpha value is -3.33. The number of aliphatic hydroxyl groups excluding tert-OH is 1. The van der Waals surface area contributed by atoms with Gasteiger partial charge in [0.1, 0.15) is 17.4 Å². The summed E-state index contributed by atoms with van der Waals surface area (Å²) < 4.78 is 15.9. The van der Waals surface area contributed by atoms with Gasteiger partial charge in [0.2, 0.25) is 5.96 Å². The summed E-state index contributed by atoms with van der Waals surface area (Å²) >= 11 is 0. The van der Waals surface area contributed by atoms with E-state index >= 15 is 0 Å². The largest absolute Gasteiger partial charge is 0.388 e. The van der Waals surface area contributed by atoms with Crippen LogP contribution in [-0.2, 0) is 6.42 Å². The standard InChI is InChI=1S/C23H26FN7O/c1-14(22(32)15-5-3-6-15)12-26-23(25-2)30-10-8-17-20(28-13-27-17)21(30)18-11-19-16(24)7-4-9-31(19)29-18/h4,7,9,11-13,15,21-22,32H,2-3,5-6,8,10H2,1H3,(H,27,28)/b14-12+,26-23?/t21-,22?/m1/s1. The lowest BCUT2D eigenvalue weighted by Gasteiger charge is -2.34. The van der Waals surface area contributed by atoms with E-state index in [2.05, 4.69) is 31.8 Å². The van der Waals surface area contributed by atoms with Crippen molar-refractivity contribution in [1.29, 1.82) is 0 Å². The van der Waals surface area contributed by atoms with E-state index in [1.165, 1.54) is 17.0 Å². The molecule has 0 radical (unpaired) electrons. The van der Waals surface area contributed by atoms with Crippen LogP contribution in [0.2, 0.25) is 0 Å². The third-order valence-electron chi connectivity index (χ3n) is 6.52. The van der Waals surface area contributed by atoms with Crippen molar-refractivity contribution in [2.24, 2.45) is 15.9 Å². The Labute approximate surface area is 185 Å². The van der Waals surface area contributed by atoms with E-state index in [0.29, 0.717) is 29.6 Å². The lowest BCUT2D eigenvalue weighted by molar-refractivity contribution is 0.0911. The third-order valence-corrected chi connectivity index (χ3v) is 6.52. The number of hydrogen-bond acceptors (Lipinski definition) is 4. The fourth-order valence-electron chi connectivity index (χ4n) is 4.49. The second-order valence-corrected chi connectivity index (χ2v) is 8.46. The van der Waals surface area contributed by atoms with Gasteiger partial charge in [-0.1, -0.05) is 6.42 Å². The second-order valence-electron chi connectivity index (χ2n) is 8.46. The smallest absolute Gasteiger partial charge is 0.225 e. The molecule has 0 spiro atoms. The zero-order chi connectivity index (χ0) is 22.2. The summed E-state index contributed by atoms with van der Waals surface area (Å²) in [5.74, 6) is 0.389. The van der Waals surface area contributed by atoms with E-state index in [-0.39, 0.29) is 11.9 Å². The molecule has 1 aliphatic heterocycles. The van der Waals surface area contributed by atoms with Gasteiger partial charge in [-0.25, -0.2) is 23.9 Å². The summed E-state index contributed by atoms with van der Waals surface area (Å²) in [6, 6.07) is 4.38. The number of pyridine rings is 1. The summed E-state index contributed by atoms with van der Waals surface area (Å²) in [6.45, 7) is 6.23. The summed E-state index contributed by atoms with van der Waals surface area (Å²) in [6.07, 6.45) is 8.55. The number of hydrogen-bond donors (Lipinski definition) is 2. The van der Waals surface area contributed by atoms with Crippen molar-refractivity contribution < 1.29 is 9.50 Å². The molecule has 1 aliphatic carbocycles. The van der Waals surface area contributed by atoms with Crippen LogP contribution in [0.1, 0.15) is 49.3 Å². The number of aromatic amines is 1. The first-order valence-corrected chi connectivity index (χ1v) is 10.9. The maximum Gasteiger partial charge on any atom is 0.225 e. The number of H-pyrrole nitrogens is 1. The van der Waals surface area contributed by atoms with Crippen molar-refractivity contribution in [1.82, 2.24) is 24.5 Å². The predicted molar refractivity (Wildman–Crippen MR) is 120 cm³/mol. The molecule has 5 rings (SSSR count). The average molecular weight is 436 g/mol. The summed E-state index contributed by atoms with van der Waals surface area (Å²) in [5, 5.41) is 15.1. The van der Waals surface area contributed by atoms with Gasteiger partial charge in [-0.2, -0.15) is 5.10 Å². The SMILES string of the molecule is C=NC(=N/C=C(\C)C(O)C1CCC1)N1CCc2[nH]cnc2[C@H]1c1cc2c(F)cccn2n1. The summed E-state index contributed by atoms with van der Waals surface area (Å²) in [7, 11) is 0. The molecule has 2 aliphatic rings. The Morgan fingerprint density at radius 1 is 1.44 bits per heavy atom. The maximum absolute atomic E-state index is 14.3. The first-order chi connectivity index (χ1) is 15.6. The van der Waals surface area contributed by atoms with Crippen molar-refractivity contribution in [3.63, 3.8) is 0 Å². The normalized spacial score (nSPS) is 20.8. The van der Waals surface area contributed by atoms with Gasteiger partial charge in [-0.3, -0.25) is 0 Å². The highest BCUT2D eigenvalue weighted by atomic mass is 19.1. The van der Waals surface area contributed by atoms with Gasteiger partial charge < -0.3 is 15.0 Å². The molecule has 166 valence electrons. The minimum Gasteiger partial charge on any atom is -0.388 e. The molecule has 2 N–H and O–H groups in total. The lowest BCUT2D eigenvalue weighted by Crippen LogP contribution is -2.40. The van der Waals surface area contributed by atoms with E-state index in [0.717, 1.165) is 36.2 Å². The maximum atomic E-state index is 14.3. The minimum atomic E-state index is -0.491. The summed E-state index contributed by atoms with van der Waals surface area (Å²) in [5.41, 5.74) is 3.68. The lowest BCUT2D eigenvalue weighted by atomic mass is 9.79. The Kier molecular flexibility index (Phi) is 5.34. The Morgan fingerprint density at radius 3 is 3.00 bits per heavy atom. The van der Waals surface area contributed by atoms with Gasteiger partial charge in [0.25, 0.3) is 0 Å². The minimum absolute atomic E-state index is 0.309. The molecule has 0 saturated heterocycles. The molecule has 1 saturated carbocycles. The number of imidazole rings is 1. The molecule has 0 bridgehead atoms. The zero-order valence-electron chi connectivity index (χ0n) is 17.9. The quantitative estimate of drug-likeness (QED) is 0.486. The van der Waals surface area contributed by atoms with E-state index in [9.17, 15) is 9.50 Å². The van der Waals surface area contributed by atoms with Crippen LogP contribution in [0.15, 0.2) is 52.5 Å². The molecule has 1 fully saturated rings. The second kappa shape index (κ2) is 8.31. The molecule has 0 amide bonds. The molecule has 9 heteroatoms. The number of fused-ring (bicyclic) bond motifs is 2. The third kappa shape index (κ3) is 3.52. The van der Waals surface area contributed by atoms with Gasteiger partial charge in [0, 0.05) is 31.1 Å². The van der Waals surface area contributed by atoms with Crippen LogP contribution >= 0.6 is 0 Å². The molecule has 0 aromatic carbocycles. The Bertz CT molecular complexity index is 1210. The topological polar surface area (TPSA) is 94.2 Å². The first kappa shape index (κ1) is 20.6. The van der Waals surface area contributed by atoms with Crippen molar-refractivity contribution in [3.05, 3.63) is 65.4 Å². The highest BCUT2D eigenvalue weighted by molar-refractivity contribution is 5.85. The fourth-order valence-corrected chi connectivity index (χ4v) is 4.49. The molecule has 4 heterocycles. The van der Waals surface area contributed by atoms with Crippen molar-refractivity contribution >= 4 is 18.2 Å². The van der Waals surface area contributed by atoms with E-state index in [4.69, 9.17) is 0 Å². The average Bonchev–Trinajstić information content (AvgIpc) is 3.40. The molecule has 32 heavy (non-hydrogen) atoms. The monoisotopic (exact) mass is 435 g/mol. The Morgan fingerprint density at radius 2 is 2.28 bits per heavy atom. The van der Waals surface area contributed by atoms with Crippen molar-refractivity contribution in [3.8, 4) is 0 Å². The van der Waals surface area contributed by atoms with Gasteiger partial charge in [0.15, 0.2) is 0 Å². The molecule has 2 atom stereocenters. The number of rotatable bonds is 4. The van der Waals surface area contributed by atoms with Crippen molar-refractivity contribution in [2.75, 3.05) is 6.54 Å². The molecular formula is C23H26FN7O. The van der Waals surface area contributed by atoms with E-state index in [1.807, 2.05) is 11.8 Å². The number of aromatic nitrogens is 4. The van der Waals surface area contributed by atoms with Crippen LogP contribution < -0.4 is 0 Å². The molecule has 1 unspecified atom stereocenters. The number of nitrogens with one attached hydrogen (secondary N) is 1. The van der Waals surface area contributed by atoms with Gasteiger partial charge in [-0.15, -0.1) is 0 Å². The highest BCUT2D eigenvalue weighted by Crippen LogP contribution is 2.35. The number of nitrogens with zero attached hydrogens (tertiary/aromatic N) is 6. The Balaban J connectivity index is 1.53. The van der Waals surface area contributed by atoms with Crippen LogP contribution in [0.5, 0.6) is 0 Å². The fraction of sp³-hybridized carbons (Fsp3) is 0.391. The predicted octanol–water partition coefficient (Wildman–Crippen LogP) is 3.27. The van der Waals surface area contributed by atoms with Gasteiger partial charge in [-0.05, 0) is 56.2 Å². The van der Waals surface area contributed by atoms with Crippen LogP contribution in [0.25, 0.3) is 5.52 Å².